The van der Waals surface area contributed by atoms with E-state index in [1.807, 2.05) is 21.1 Å². The molecule has 0 heterocycles. The number of nitrogens with zero attached hydrogens (tertiary/aromatic N) is 1. The fourth-order valence-corrected chi connectivity index (χ4v) is 4.57. The third-order valence-corrected chi connectivity index (χ3v) is 6.66. The summed E-state index contributed by atoms with van der Waals surface area (Å²) in [5.41, 5.74) is 0. The Morgan fingerprint density at radius 3 is 1.94 bits per heavy atom. The van der Waals surface area contributed by atoms with Crippen LogP contribution in [0.3, 0.4) is 0 Å². The molecule has 3 atom stereocenters. The van der Waals surface area contributed by atoms with Crippen LogP contribution in [-0.2, 0) is 18.4 Å². The van der Waals surface area contributed by atoms with Crippen molar-refractivity contribution in [2.24, 2.45) is 0 Å². The van der Waals surface area contributed by atoms with Gasteiger partial charge in [-0.1, -0.05) is 70.4 Å². The van der Waals surface area contributed by atoms with Gasteiger partial charge in [0.15, 0.2) is 11.9 Å². The number of aliphatic hydroxyl groups is 2. The molecule has 208 valence electrons. The van der Waals surface area contributed by atoms with Gasteiger partial charge in [-0.3, -0.25) is 13.8 Å². The highest BCUT2D eigenvalue weighted by molar-refractivity contribution is 7.47. The molecule has 0 aliphatic rings. The van der Waals surface area contributed by atoms with Gasteiger partial charge in [0.05, 0.1) is 34.4 Å². The molecule has 0 aliphatic carbocycles. The first kappa shape index (κ1) is 34.4. The lowest BCUT2D eigenvalue weighted by atomic mass is 10.0. The summed E-state index contributed by atoms with van der Waals surface area (Å²) in [6.45, 7) is 1.31. The Balaban J connectivity index is 4.13. The summed E-state index contributed by atoms with van der Waals surface area (Å²) >= 11 is 0. The van der Waals surface area contributed by atoms with Gasteiger partial charge < -0.3 is 19.6 Å². The van der Waals surface area contributed by atoms with Gasteiger partial charge in [-0.15, -0.1) is 0 Å². The summed E-state index contributed by atoms with van der Waals surface area (Å²) in [6, 6.07) is 0. The van der Waals surface area contributed by atoms with Crippen molar-refractivity contribution in [2.45, 2.75) is 109 Å². The minimum atomic E-state index is -4.54. The first-order chi connectivity index (χ1) is 16.5. The Morgan fingerprint density at radius 1 is 0.914 bits per heavy atom. The maximum Gasteiger partial charge on any atom is 0.473 e. The number of phosphoric ester groups is 1. The van der Waals surface area contributed by atoms with Crippen molar-refractivity contribution < 1.29 is 38.0 Å². The van der Waals surface area contributed by atoms with Gasteiger partial charge >= 0.3 is 7.82 Å². The molecule has 0 aromatic rings. The first-order valence-electron chi connectivity index (χ1n) is 13.4. The van der Waals surface area contributed by atoms with Gasteiger partial charge in [-0.2, -0.15) is 0 Å². The van der Waals surface area contributed by atoms with E-state index >= 15 is 0 Å². The second kappa shape index (κ2) is 20.5. The van der Waals surface area contributed by atoms with Crippen molar-refractivity contribution in [3.05, 3.63) is 12.2 Å². The quantitative estimate of drug-likeness (QED) is 0.0695. The number of likely N-dealkylation sites (N-methyl/N-ethyl adjacent to an activating group) is 1. The maximum absolute atomic E-state index is 12.7. The van der Waals surface area contributed by atoms with E-state index in [1.54, 1.807) is 0 Å². The Labute approximate surface area is 213 Å². The Morgan fingerprint density at radius 2 is 1.43 bits per heavy atom. The highest BCUT2D eigenvalue weighted by atomic mass is 31.2. The van der Waals surface area contributed by atoms with Crippen LogP contribution >= 0.6 is 7.82 Å². The average molecular weight is 523 g/mol. The monoisotopic (exact) mass is 522 g/mol. The first-order valence-corrected chi connectivity index (χ1v) is 14.9. The predicted octanol–water partition coefficient (Wildman–Crippen LogP) is 5.15. The predicted molar refractivity (Wildman–Crippen MR) is 141 cm³/mol. The van der Waals surface area contributed by atoms with E-state index in [-0.39, 0.29) is 18.7 Å². The molecule has 0 aromatic carbocycles. The van der Waals surface area contributed by atoms with E-state index in [2.05, 4.69) is 19.1 Å². The number of allylic oxidation sites excluding steroid dienone is 2. The Bertz CT molecular complexity index is 607. The molecule has 0 saturated heterocycles. The average Bonchev–Trinajstić information content (AvgIpc) is 2.78. The van der Waals surface area contributed by atoms with Crippen molar-refractivity contribution in [2.75, 3.05) is 40.9 Å². The molecule has 0 fully saturated rings. The molecular weight excluding hydrogens is 469 g/mol. The Hall–Kier alpha value is -0.600. The van der Waals surface area contributed by atoms with Crippen molar-refractivity contribution >= 4 is 13.6 Å². The van der Waals surface area contributed by atoms with Gasteiger partial charge in [0.25, 0.3) is 0 Å². The number of carbonyl (C=O) groups is 1. The van der Waals surface area contributed by atoms with Gasteiger partial charge in [0.1, 0.15) is 12.6 Å². The molecule has 3 unspecified atom stereocenters. The molecule has 3 N–H and O–H groups in total. The number of Topliss-reactive ketones (excluding diaryl/α,β-unsaturated/α-hetero) is 1. The van der Waals surface area contributed by atoms with Gasteiger partial charge in [0, 0.05) is 6.42 Å². The third-order valence-electron chi connectivity index (χ3n) is 5.66. The molecule has 0 saturated carbocycles. The van der Waals surface area contributed by atoms with E-state index in [9.17, 15) is 19.4 Å². The summed E-state index contributed by atoms with van der Waals surface area (Å²) < 4.78 is 22.5. The lowest BCUT2D eigenvalue weighted by Crippen LogP contribution is -2.45. The van der Waals surface area contributed by atoms with Crippen LogP contribution < -0.4 is 0 Å². The zero-order valence-electron chi connectivity index (χ0n) is 22.7. The number of carbonyl (C=O) groups excluding carboxylic acids is 1. The number of phosphoric acid groups is 1. The summed E-state index contributed by atoms with van der Waals surface area (Å²) in [7, 11) is 1.06. The van der Waals surface area contributed by atoms with Crippen LogP contribution in [0.4, 0.5) is 0 Å². The SMILES string of the molecule is CCCCCCCC/C=C\CCCCCCCC(=O)C(C[N+](C)(C)C)OP(=O)(O)OCC(O)CO. The lowest BCUT2D eigenvalue weighted by molar-refractivity contribution is -0.872. The van der Waals surface area contributed by atoms with Crippen LogP contribution in [0.25, 0.3) is 0 Å². The van der Waals surface area contributed by atoms with E-state index < -0.39 is 33.2 Å². The number of hydrogen-bond acceptors (Lipinski definition) is 6. The van der Waals surface area contributed by atoms with Crippen LogP contribution in [0, 0.1) is 0 Å². The van der Waals surface area contributed by atoms with Gasteiger partial charge in [0.2, 0.25) is 0 Å². The minimum absolute atomic E-state index is 0.223. The molecule has 35 heavy (non-hydrogen) atoms. The molecule has 0 spiro atoms. The molecule has 8 nitrogen and oxygen atoms in total. The van der Waals surface area contributed by atoms with E-state index in [0.717, 1.165) is 32.1 Å². The topological polar surface area (TPSA) is 113 Å². The number of unbranched alkanes of at least 4 members (excludes halogenated alkanes) is 11. The normalized spacial score (nSPS) is 15.9. The van der Waals surface area contributed by atoms with Crippen LogP contribution in [0.2, 0.25) is 0 Å². The Kier molecular flexibility index (Phi) is 20.1. The second-order valence-corrected chi connectivity index (χ2v) is 11.9. The van der Waals surface area contributed by atoms with Crippen molar-refractivity contribution in [1.82, 2.24) is 0 Å². The van der Waals surface area contributed by atoms with Crippen LogP contribution in [0.1, 0.15) is 96.8 Å². The molecule has 0 aliphatic heterocycles. The zero-order chi connectivity index (χ0) is 26.6. The smallest absolute Gasteiger partial charge is 0.394 e. The summed E-state index contributed by atoms with van der Waals surface area (Å²) in [5.74, 6) is -0.226. The fraction of sp³-hybridized carbons (Fsp3) is 0.885. The lowest BCUT2D eigenvalue weighted by Gasteiger charge is -2.29. The minimum Gasteiger partial charge on any atom is -0.394 e. The standard InChI is InChI=1S/C26H52NO7P/c1-5-6-7-8-9-10-11-12-13-14-15-16-17-18-19-20-25(30)26(21-27(2,3)4)34-35(31,32)33-23-24(29)22-28/h12-13,24,26,28-29H,5-11,14-23H2,1-4H3/p+1/b13-12-. The van der Waals surface area contributed by atoms with Crippen LogP contribution in [0.15, 0.2) is 12.2 Å². The van der Waals surface area contributed by atoms with Gasteiger partial charge in [-0.25, -0.2) is 4.57 Å². The molecule has 0 radical (unpaired) electrons. The van der Waals surface area contributed by atoms with Crippen molar-refractivity contribution in [3.8, 4) is 0 Å². The van der Waals surface area contributed by atoms with Crippen LogP contribution in [-0.4, -0.2) is 78.5 Å². The number of ketones is 1. The molecule has 0 rings (SSSR count). The molecule has 0 amide bonds. The highest BCUT2D eigenvalue weighted by Gasteiger charge is 2.34. The molecular formula is C26H53NO7P+. The highest BCUT2D eigenvalue weighted by Crippen LogP contribution is 2.45. The molecule has 9 heteroatoms. The number of quaternary nitrogens is 1. The summed E-state index contributed by atoms with van der Waals surface area (Å²) in [6.07, 6.45) is 17.8. The summed E-state index contributed by atoms with van der Waals surface area (Å²) in [4.78, 5) is 22.6. The van der Waals surface area contributed by atoms with E-state index in [1.165, 1.54) is 44.9 Å². The van der Waals surface area contributed by atoms with Gasteiger partial charge in [-0.05, 0) is 32.1 Å². The largest absolute Gasteiger partial charge is 0.473 e. The second-order valence-electron chi connectivity index (χ2n) is 10.5. The fourth-order valence-electron chi connectivity index (χ4n) is 3.65. The van der Waals surface area contributed by atoms with E-state index in [0.29, 0.717) is 10.9 Å². The van der Waals surface area contributed by atoms with Crippen molar-refractivity contribution in [1.29, 1.82) is 0 Å². The number of aliphatic hydroxyl groups excluding tert-OH is 2. The molecule has 0 aromatic heterocycles. The zero-order valence-corrected chi connectivity index (χ0v) is 23.6. The third kappa shape index (κ3) is 22.3. The molecule has 0 bridgehead atoms. The van der Waals surface area contributed by atoms with Crippen molar-refractivity contribution in [3.63, 3.8) is 0 Å². The summed E-state index contributed by atoms with van der Waals surface area (Å²) in [5, 5.41) is 18.1. The van der Waals surface area contributed by atoms with Crippen LogP contribution in [0.5, 0.6) is 0 Å². The van der Waals surface area contributed by atoms with E-state index in [4.69, 9.17) is 14.2 Å². The maximum atomic E-state index is 12.7. The number of hydrogen-bond donors (Lipinski definition) is 3. The number of rotatable bonds is 24.